The van der Waals surface area contributed by atoms with Crippen molar-refractivity contribution >= 4 is 23.4 Å². The van der Waals surface area contributed by atoms with Crippen molar-refractivity contribution < 1.29 is 14.5 Å². The molecule has 0 radical (unpaired) electrons. The van der Waals surface area contributed by atoms with Crippen LogP contribution in [-0.2, 0) is 10.5 Å². The number of nitro benzene ring substituents is 1. The summed E-state index contributed by atoms with van der Waals surface area (Å²) in [5.41, 5.74) is 1.11. The summed E-state index contributed by atoms with van der Waals surface area (Å²) in [6.07, 6.45) is 0. The van der Waals surface area contributed by atoms with Crippen LogP contribution >= 0.6 is 11.8 Å². The summed E-state index contributed by atoms with van der Waals surface area (Å²) < 4.78 is 5.10. The Bertz CT molecular complexity index is 613. The molecule has 108 valence electrons. The van der Waals surface area contributed by atoms with Crippen LogP contribution in [-0.4, -0.2) is 16.6 Å². The Morgan fingerprint density at radius 1 is 1.10 bits per heavy atom. The maximum absolute atomic E-state index is 11.6. The van der Waals surface area contributed by atoms with Gasteiger partial charge in [-0.25, -0.2) is 0 Å². The van der Waals surface area contributed by atoms with Crippen LogP contribution < -0.4 is 4.74 Å². The van der Waals surface area contributed by atoms with Crippen molar-refractivity contribution in [1.29, 1.82) is 0 Å². The summed E-state index contributed by atoms with van der Waals surface area (Å²) in [7, 11) is 0. The van der Waals surface area contributed by atoms with Crippen LogP contribution in [0.15, 0.2) is 54.6 Å². The molecule has 0 bridgehead atoms. The van der Waals surface area contributed by atoms with Crippen LogP contribution in [0.3, 0.4) is 0 Å². The molecule has 0 atom stereocenters. The average molecular weight is 303 g/mol. The van der Waals surface area contributed by atoms with Crippen LogP contribution in [0.5, 0.6) is 5.75 Å². The first kappa shape index (κ1) is 15.1. The van der Waals surface area contributed by atoms with Crippen molar-refractivity contribution in [1.82, 2.24) is 0 Å². The SMILES string of the molecule is O=C(CSCc1ccccc1)Oc1ccc([N+](=O)[O-])cc1. The summed E-state index contributed by atoms with van der Waals surface area (Å²) in [6, 6.07) is 15.3. The van der Waals surface area contributed by atoms with Gasteiger partial charge < -0.3 is 4.74 Å². The summed E-state index contributed by atoms with van der Waals surface area (Å²) in [5, 5.41) is 10.5. The molecule has 0 aliphatic rings. The summed E-state index contributed by atoms with van der Waals surface area (Å²) in [4.78, 5) is 21.7. The van der Waals surface area contributed by atoms with Crippen LogP contribution in [0.25, 0.3) is 0 Å². The number of thioether (sulfide) groups is 1. The molecule has 0 N–H and O–H groups in total. The Balaban J connectivity index is 1.78. The van der Waals surface area contributed by atoms with E-state index in [9.17, 15) is 14.9 Å². The number of esters is 1. The van der Waals surface area contributed by atoms with Gasteiger partial charge in [0.25, 0.3) is 5.69 Å². The molecule has 0 fully saturated rings. The Kier molecular flexibility index (Phi) is 5.34. The highest BCUT2D eigenvalue weighted by atomic mass is 32.2. The Labute approximate surface area is 126 Å². The molecule has 0 aromatic heterocycles. The minimum absolute atomic E-state index is 0.0340. The van der Waals surface area contributed by atoms with E-state index in [0.29, 0.717) is 5.75 Å². The second kappa shape index (κ2) is 7.44. The number of nitro groups is 1. The lowest BCUT2D eigenvalue weighted by atomic mass is 10.2. The van der Waals surface area contributed by atoms with Crippen LogP contribution in [0, 0.1) is 10.1 Å². The predicted octanol–water partition coefficient (Wildman–Crippen LogP) is 3.43. The smallest absolute Gasteiger partial charge is 0.321 e. The minimum atomic E-state index is -0.499. The van der Waals surface area contributed by atoms with Gasteiger partial charge in [0, 0.05) is 17.9 Å². The lowest BCUT2D eigenvalue weighted by Crippen LogP contribution is -2.10. The van der Waals surface area contributed by atoms with Crippen molar-refractivity contribution in [2.45, 2.75) is 5.75 Å². The van der Waals surface area contributed by atoms with Gasteiger partial charge in [0.15, 0.2) is 0 Å². The molecule has 6 heteroatoms. The van der Waals surface area contributed by atoms with Gasteiger partial charge in [0.2, 0.25) is 0 Å². The number of carbonyl (C=O) groups is 1. The molecule has 0 spiro atoms. The van der Waals surface area contributed by atoms with Crippen LogP contribution in [0.2, 0.25) is 0 Å². The highest BCUT2D eigenvalue weighted by Gasteiger charge is 2.08. The number of hydrogen-bond acceptors (Lipinski definition) is 5. The van der Waals surface area contributed by atoms with Gasteiger partial charge in [0.1, 0.15) is 5.75 Å². The zero-order valence-corrected chi connectivity index (χ0v) is 11.9. The molecule has 21 heavy (non-hydrogen) atoms. The van der Waals surface area contributed by atoms with Crippen LogP contribution in [0.1, 0.15) is 5.56 Å². The molecule has 0 aliphatic heterocycles. The molecule has 0 aliphatic carbocycles. The van der Waals surface area contributed by atoms with E-state index >= 15 is 0 Å². The second-order valence-electron chi connectivity index (χ2n) is 4.20. The molecule has 2 rings (SSSR count). The lowest BCUT2D eigenvalue weighted by molar-refractivity contribution is -0.384. The van der Waals surface area contributed by atoms with E-state index in [1.165, 1.54) is 36.0 Å². The maximum atomic E-state index is 11.6. The predicted molar refractivity (Wildman–Crippen MR) is 81.3 cm³/mol. The van der Waals surface area contributed by atoms with Gasteiger partial charge in [-0.1, -0.05) is 30.3 Å². The number of ether oxygens (including phenoxy) is 1. The number of non-ortho nitro benzene ring substituents is 1. The Morgan fingerprint density at radius 2 is 1.76 bits per heavy atom. The van der Waals surface area contributed by atoms with Crippen molar-refractivity contribution in [2.75, 3.05) is 5.75 Å². The van der Waals surface area contributed by atoms with Gasteiger partial charge in [-0.3, -0.25) is 14.9 Å². The molecule has 5 nitrogen and oxygen atoms in total. The number of rotatable bonds is 6. The molecule has 2 aromatic carbocycles. The van der Waals surface area contributed by atoms with E-state index in [4.69, 9.17) is 4.74 Å². The van der Waals surface area contributed by atoms with Gasteiger partial charge in [-0.2, -0.15) is 0 Å². The third kappa shape index (κ3) is 4.92. The molecule has 0 amide bonds. The van der Waals surface area contributed by atoms with Crippen molar-refractivity contribution in [3.63, 3.8) is 0 Å². The van der Waals surface area contributed by atoms with Gasteiger partial charge in [-0.05, 0) is 17.7 Å². The molecule has 0 unspecified atom stereocenters. The normalized spacial score (nSPS) is 10.1. The molecular weight excluding hydrogens is 290 g/mol. The third-order valence-corrected chi connectivity index (χ3v) is 3.59. The molecule has 0 heterocycles. The van der Waals surface area contributed by atoms with E-state index in [1.54, 1.807) is 0 Å². The Morgan fingerprint density at radius 3 is 2.38 bits per heavy atom. The van der Waals surface area contributed by atoms with Gasteiger partial charge in [-0.15, -0.1) is 11.8 Å². The zero-order chi connectivity index (χ0) is 15.1. The number of benzene rings is 2. The first-order valence-corrected chi connectivity index (χ1v) is 7.37. The molecular formula is C15H13NO4S. The monoisotopic (exact) mass is 303 g/mol. The largest absolute Gasteiger partial charge is 0.426 e. The molecule has 2 aromatic rings. The minimum Gasteiger partial charge on any atom is -0.426 e. The quantitative estimate of drug-likeness (QED) is 0.354. The number of hydrogen-bond donors (Lipinski definition) is 0. The molecule has 0 saturated heterocycles. The fourth-order valence-electron chi connectivity index (χ4n) is 1.62. The number of nitrogens with zero attached hydrogens (tertiary/aromatic N) is 1. The molecule has 0 saturated carbocycles. The fourth-order valence-corrected chi connectivity index (χ4v) is 2.38. The standard InChI is InChI=1S/C15H13NO4S/c17-15(11-21-10-12-4-2-1-3-5-12)20-14-8-6-13(7-9-14)16(18)19/h1-9H,10-11H2. The number of carbonyl (C=O) groups excluding carboxylic acids is 1. The highest BCUT2D eigenvalue weighted by Crippen LogP contribution is 2.18. The van der Waals surface area contributed by atoms with E-state index in [0.717, 1.165) is 11.3 Å². The highest BCUT2D eigenvalue weighted by molar-refractivity contribution is 7.99. The fraction of sp³-hybridized carbons (Fsp3) is 0.133. The van der Waals surface area contributed by atoms with Gasteiger partial charge in [0.05, 0.1) is 10.7 Å². The maximum Gasteiger partial charge on any atom is 0.321 e. The first-order chi connectivity index (χ1) is 10.1. The summed E-state index contributed by atoms with van der Waals surface area (Å²) in [6.45, 7) is 0. The van der Waals surface area contributed by atoms with E-state index in [1.807, 2.05) is 30.3 Å². The van der Waals surface area contributed by atoms with Crippen molar-refractivity contribution in [2.24, 2.45) is 0 Å². The van der Waals surface area contributed by atoms with Gasteiger partial charge >= 0.3 is 5.97 Å². The van der Waals surface area contributed by atoms with Crippen molar-refractivity contribution in [3.05, 3.63) is 70.3 Å². The average Bonchev–Trinajstić information content (AvgIpc) is 2.49. The Hall–Kier alpha value is -2.34. The summed E-state index contributed by atoms with van der Waals surface area (Å²) >= 11 is 1.46. The lowest BCUT2D eigenvalue weighted by Gasteiger charge is -2.04. The van der Waals surface area contributed by atoms with Crippen molar-refractivity contribution in [3.8, 4) is 5.75 Å². The topological polar surface area (TPSA) is 69.4 Å². The zero-order valence-electron chi connectivity index (χ0n) is 11.1. The van der Waals surface area contributed by atoms with E-state index in [2.05, 4.69) is 0 Å². The van der Waals surface area contributed by atoms with E-state index < -0.39 is 4.92 Å². The van der Waals surface area contributed by atoms with E-state index in [-0.39, 0.29) is 17.4 Å². The first-order valence-electron chi connectivity index (χ1n) is 6.22. The third-order valence-electron chi connectivity index (χ3n) is 2.61. The summed E-state index contributed by atoms with van der Waals surface area (Å²) in [5.74, 6) is 0.901. The second-order valence-corrected chi connectivity index (χ2v) is 5.19. The van der Waals surface area contributed by atoms with Crippen LogP contribution in [0.4, 0.5) is 5.69 Å².